The lowest BCUT2D eigenvalue weighted by molar-refractivity contribution is 0.554. The van der Waals surface area contributed by atoms with Gasteiger partial charge in [-0.2, -0.15) is 0 Å². The van der Waals surface area contributed by atoms with E-state index in [2.05, 4.69) is 17.2 Å². The van der Waals surface area contributed by atoms with Gasteiger partial charge in [0.2, 0.25) is 0 Å². The lowest BCUT2D eigenvalue weighted by atomic mass is 10.4. The minimum absolute atomic E-state index is 0.715. The molecule has 60 valence electrons. The van der Waals surface area contributed by atoms with Crippen LogP contribution in [0.2, 0.25) is 0 Å². The average Bonchev–Trinajstić information content (AvgIpc) is 2.55. The molecule has 0 unspecified atom stereocenters. The van der Waals surface area contributed by atoms with Crippen molar-refractivity contribution in [3.63, 3.8) is 0 Å². The van der Waals surface area contributed by atoms with Crippen molar-refractivity contribution in [1.29, 1.82) is 0 Å². The van der Waals surface area contributed by atoms with Gasteiger partial charge in [-0.15, -0.1) is 0 Å². The molecule has 1 aliphatic carbocycles. The Hall–Kier alpha value is -0.830. The van der Waals surface area contributed by atoms with E-state index in [0.29, 0.717) is 6.04 Å². The van der Waals surface area contributed by atoms with Crippen LogP contribution in [0.3, 0.4) is 0 Å². The highest BCUT2D eigenvalue weighted by Crippen LogP contribution is 2.29. The van der Waals surface area contributed by atoms with Gasteiger partial charge in [0.05, 0.1) is 5.69 Å². The minimum atomic E-state index is 0.715. The van der Waals surface area contributed by atoms with Gasteiger partial charge in [0.25, 0.3) is 0 Å². The van der Waals surface area contributed by atoms with Gasteiger partial charge in [-0.05, 0) is 12.3 Å². The van der Waals surface area contributed by atoms with E-state index in [9.17, 15) is 0 Å². The SMILES string of the molecule is C[C@@H]1C[C@H]1NCc1cocn1. The molecule has 1 aromatic rings. The monoisotopic (exact) mass is 152 g/mol. The zero-order chi connectivity index (χ0) is 7.68. The molecule has 1 fully saturated rings. The molecular weight excluding hydrogens is 140 g/mol. The quantitative estimate of drug-likeness (QED) is 0.706. The van der Waals surface area contributed by atoms with E-state index >= 15 is 0 Å². The molecular formula is C8H12N2O. The number of hydrogen-bond donors (Lipinski definition) is 1. The highest BCUT2D eigenvalue weighted by Gasteiger charge is 2.31. The van der Waals surface area contributed by atoms with Crippen molar-refractivity contribution in [3.05, 3.63) is 18.4 Å². The maximum absolute atomic E-state index is 4.84. The molecule has 2 atom stereocenters. The van der Waals surface area contributed by atoms with Gasteiger partial charge in [0, 0.05) is 12.6 Å². The molecule has 0 amide bonds. The molecule has 0 bridgehead atoms. The van der Waals surface area contributed by atoms with Crippen molar-refractivity contribution in [2.24, 2.45) is 5.92 Å². The third-order valence-corrected chi connectivity index (χ3v) is 2.14. The van der Waals surface area contributed by atoms with Crippen molar-refractivity contribution in [3.8, 4) is 0 Å². The summed E-state index contributed by atoms with van der Waals surface area (Å²) in [7, 11) is 0. The molecule has 0 spiro atoms. The van der Waals surface area contributed by atoms with E-state index in [-0.39, 0.29) is 0 Å². The van der Waals surface area contributed by atoms with Crippen molar-refractivity contribution in [1.82, 2.24) is 10.3 Å². The van der Waals surface area contributed by atoms with Gasteiger partial charge in [0.1, 0.15) is 6.26 Å². The normalized spacial score (nSPS) is 28.8. The molecule has 3 nitrogen and oxygen atoms in total. The van der Waals surface area contributed by atoms with Crippen molar-refractivity contribution in [2.45, 2.75) is 25.9 Å². The van der Waals surface area contributed by atoms with Crippen LogP contribution in [0.4, 0.5) is 0 Å². The summed E-state index contributed by atoms with van der Waals surface area (Å²) < 4.78 is 4.84. The van der Waals surface area contributed by atoms with Crippen LogP contribution in [0.1, 0.15) is 19.0 Å². The van der Waals surface area contributed by atoms with Crippen LogP contribution < -0.4 is 5.32 Å². The molecule has 0 saturated heterocycles. The number of nitrogens with zero attached hydrogens (tertiary/aromatic N) is 1. The van der Waals surface area contributed by atoms with Crippen molar-refractivity contribution >= 4 is 0 Å². The van der Waals surface area contributed by atoms with E-state index in [1.165, 1.54) is 12.8 Å². The Morgan fingerprint density at radius 3 is 3.18 bits per heavy atom. The third kappa shape index (κ3) is 1.60. The predicted molar refractivity (Wildman–Crippen MR) is 40.9 cm³/mol. The predicted octanol–water partition coefficient (Wildman–Crippen LogP) is 1.17. The second-order valence-corrected chi connectivity index (χ2v) is 3.18. The highest BCUT2D eigenvalue weighted by atomic mass is 16.3. The smallest absolute Gasteiger partial charge is 0.180 e. The van der Waals surface area contributed by atoms with Crippen LogP contribution in [0.5, 0.6) is 0 Å². The van der Waals surface area contributed by atoms with Crippen LogP contribution in [0.25, 0.3) is 0 Å². The van der Waals surface area contributed by atoms with Crippen LogP contribution in [-0.4, -0.2) is 11.0 Å². The van der Waals surface area contributed by atoms with Crippen LogP contribution in [-0.2, 0) is 6.54 Å². The lowest BCUT2D eigenvalue weighted by Crippen LogP contribution is -2.17. The molecule has 1 aromatic heterocycles. The number of oxazole rings is 1. The summed E-state index contributed by atoms with van der Waals surface area (Å²) in [5.74, 6) is 0.849. The number of hydrogen-bond acceptors (Lipinski definition) is 3. The summed E-state index contributed by atoms with van der Waals surface area (Å²) in [6.45, 7) is 3.09. The molecule has 3 heteroatoms. The molecule has 1 aliphatic rings. The summed E-state index contributed by atoms with van der Waals surface area (Å²) in [6.07, 6.45) is 4.45. The summed E-state index contributed by atoms with van der Waals surface area (Å²) in [5.41, 5.74) is 0.990. The van der Waals surface area contributed by atoms with Crippen LogP contribution >= 0.6 is 0 Å². The first-order valence-corrected chi connectivity index (χ1v) is 3.96. The molecule has 2 rings (SSSR count). The molecule has 0 radical (unpaired) electrons. The van der Waals surface area contributed by atoms with Gasteiger partial charge in [0.15, 0.2) is 6.39 Å². The molecule has 1 heterocycles. The highest BCUT2D eigenvalue weighted by molar-refractivity contribution is 4.95. The van der Waals surface area contributed by atoms with Crippen LogP contribution in [0.15, 0.2) is 17.1 Å². The lowest BCUT2D eigenvalue weighted by Gasteiger charge is -1.97. The van der Waals surface area contributed by atoms with E-state index in [1.807, 2.05) is 0 Å². The fourth-order valence-electron chi connectivity index (χ4n) is 1.17. The van der Waals surface area contributed by atoms with Gasteiger partial charge < -0.3 is 9.73 Å². The molecule has 0 aromatic carbocycles. The van der Waals surface area contributed by atoms with E-state index in [4.69, 9.17) is 4.42 Å². The Bertz CT molecular complexity index is 220. The minimum Gasteiger partial charge on any atom is -0.451 e. The number of rotatable bonds is 3. The summed E-state index contributed by atoms with van der Waals surface area (Å²) in [6, 6.07) is 0.715. The maximum atomic E-state index is 4.84. The number of nitrogens with one attached hydrogen (secondary N) is 1. The van der Waals surface area contributed by atoms with Gasteiger partial charge >= 0.3 is 0 Å². The summed E-state index contributed by atoms with van der Waals surface area (Å²) in [5, 5.41) is 3.39. The fraction of sp³-hybridized carbons (Fsp3) is 0.625. The first-order chi connectivity index (χ1) is 5.36. The van der Waals surface area contributed by atoms with Crippen molar-refractivity contribution in [2.75, 3.05) is 0 Å². The van der Waals surface area contributed by atoms with Gasteiger partial charge in [-0.3, -0.25) is 0 Å². The zero-order valence-corrected chi connectivity index (χ0v) is 6.58. The first-order valence-electron chi connectivity index (χ1n) is 3.96. The standard InChI is InChI=1S/C8H12N2O/c1-6-2-8(6)9-3-7-4-11-5-10-7/h4-6,8-9H,2-3H2,1H3/t6-,8-/m1/s1. The Balaban J connectivity index is 1.75. The van der Waals surface area contributed by atoms with Crippen molar-refractivity contribution < 1.29 is 4.42 Å². The summed E-state index contributed by atoms with van der Waals surface area (Å²) in [4.78, 5) is 4.01. The van der Waals surface area contributed by atoms with Gasteiger partial charge in [-0.1, -0.05) is 6.92 Å². The Morgan fingerprint density at radius 1 is 1.82 bits per heavy atom. The van der Waals surface area contributed by atoms with E-state index in [0.717, 1.165) is 18.2 Å². The molecule has 1 saturated carbocycles. The van der Waals surface area contributed by atoms with E-state index < -0.39 is 0 Å². The Morgan fingerprint density at radius 2 is 2.64 bits per heavy atom. The Labute approximate surface area is 65.8 Å². The Kier molecular flexibility index (Phi) is 1.66. The largest absolute Gasteiger partial charge is 0.451 e. The zero-order valence-electron chi connectivity index (χ0n) is 6.58. The fourth-order valence-corrected chi connectivity index (χ4v) is 1.17. The third-order valence-electron chi connectivity index (χ3n) is 2.14. The first kappa shape index (κ1) is 6.85. The van der Waals surface area contributed by atoms with E-state index in [1.54, 1.807) is 6.26 Å². The average molecular weight is 152 g/mol. The number of aromatic nitrogens is 1. The molecule has 1 N–H and O–H groups in total. The topological polar surface area (TPSA) is 38.1 Å². The molecule has 0 aliphatic heterocycles. The second-order valence-electron chi connectivity index (χ2n) is 3.18. The van der Waals surface area contributed by atoms with Crippen LogP contribution in [0, 0.1) is 5.92 Å². The molecule has 11 heavy (non-hydrogen) atoms. The maximum Gasteiger partial charge on any atom is 0.180 e. The van der Waals surface area contributed by atoms with Gasteiger partial charge in [-0.25, -0.2) is 4.98 Å². The summed E-state index contributed by atoms with van der Waals surface area (Å²) >= 11 is 0. The second kappa shape index (κ2) is 2.66.